The highest BCUT2D eigenvalue weighted by Crippen LogP contribution is 2.18. The molecule has 0 bridgehead atoms. The largest absolute Gasteiger partial charge is 0.494 e. The Morgan fingerprint density at radius 2 is 1.41 bits per heavy atom. The minimum absolute atomic E-state index is 0.155. The van der Waals surface area contributed by atoms with Crippen LogP contribution in [0.15, 0.2) is 60.9 Å². The van der Waals surface area contributed by atoms with Gasteiger partial charge in [-0.1, -0.05) is 0 Å². The number of nitrogens with zero attached hydrogens (tertiary/aromatic N) is 2. The zero-order valence-corrected chi connectivity index (χ0v) is 16.1. The number of carbonyl (C=O) groups excluding carboxylic acids is 2. The fourth-order valence-electron chi connectivity index (χ4n) is 2.48. The van der Waals surface area contributed by atoms with Crippen LogP contribution in [0.2, 0.25) is 0 Å². The Bertz CT molecular complexity index is 971. The van der Waals surface area contributed by atoms with Crippen LogP contribution in [-0.4, -0.2) is 28.4 Å². The van der Waals surface area contributed by atoms with E-state index in [1.807, 2.05) is 31.2 Å². The van der Waals surface area contributed by atoms with Gasteiger partial charge in [-0.3, -0.25) is 9.59 Å². The van der Waals surface area contributed by atoms with E-state index in [1.54, 1.807) is 24.3 Å². The molecule has 0 fully saturated rings. The fraction of sp³-hybridized carbons (Fsp3) is 0.143. The van der Waals surface area contributed by atoms with Gasteiger partial charge in [-0.25, -0.2) is 9.97 Å². The Kier molecular flexibility index (Phi) is 6.36. The van der Waals surface area contributed by atoms with Crippen molar-refractivity contribution in [1.29, 1.82) is 0 Å². The summed E-state index contributed by atoms with van der Waals surface area (Å²) in [6.45, 7) is 3.97. The molecule has 3 rings (SSSR count). The molecular formula is C21H21N5O3. The van der Waals surface area contributed by atoms with Gasteiger partial charge in [0, 0.05) is 36.4 Å². The number of amides is 2. The van der Waals surface area contributed by atoms with Crippen LogP contribution in [0.25, 0.3) is 0 Å². The highest BCUT2D eigenvalue weighted by Gasteiger charge is 2.08. The molecule has 1 aromatic heterocycles. The molecule has 0 saturated carbocycles. The highest BCUT2D eigenvalue weighted by atomic mass is 16.5. The lowest BCUT2D eigenvalue weighted by Crippen LogP contribution is -2.13. The van der Waals surface area contributed by atoms with E-state index in [9.17, 15) is 9.59 Å². The summed E-state index contributed by atoms with van der Waals surface area (Å²) in [7, 11) is 0. The second-order valence-electron chi connectivity index (χ2n) is 6.09. The third-order valence-corrected chi connectivity index (χ3v) is 3.80. The summed E-state index contributed by atoms with van der Waals surface area (Å²) in [5, 5.41) is 8.49. The predicted octanol–water partition coefficient (Wildman–Crippen LogP) is 3.83. The summed E-state index contributed by atoms with van der Waals surface area (Å²) in [5.41, 5.74) is 2.39. The monoisotopic (exact) mass is 391 g/mol. The van der Waals surface area contributed by atoms with Crippen molar-refractivity contribution < 1.29 is 14.3 Å². The SMILES string of the molecule is CCOc1ccc(Nc2ncc(C(=O)Nc3ccc(NC(C)=O)cc3)cn2)cc1. The fourth-order valence-corrected chi connectivity index (χ4v) is 2.48. The molecule has 0 spiro atoms. The summed E-state index contributed by atoms with van der Waals surface area (Å²) in [6, 6.07) is 14.2. The highest BCUT2D eigenvalue weighted by molar-refractivity contribution is 6.04. The van der Waals surface area contributed by atoms with Crippen LogP contribution in [0.5, 0.6) is 5.75 Å². The Labute approximate surface area is 168 Å². The van der Waals surface area contributed by atoms with E-state index in [1.165, 1.54) is 19.3 Å². The van der Waals surface area contributed by atoms with Gasteiger partial charge in [-0.2, -0.15) is 0 Å². The van der Waals surface area contributed by atoms with E-state index in [0.717, 1.165) is 11.4 Å². The molecule has 0 aliphatic carbocycles. The number of anilines is 4. The van der Waals surface area contributed by atoms with Crippen LogP contribution >= 0.6 is 0 Å². The van der Waals surface area contributed by atoms with Crippen molar-refractivity contribution in [3.8, 4) is 5.75 Å². The molecule has 0 radical (unpaired) electrons. The van der Waals surface area contributed by atoms with E-state index in [-0.39, 0.29) is 11.8 Å². The smallest absolute Gasteiger partial charge is 0.258 e. The molecule has 0 atom stereocenters. The van der Waals surface area contributed by atoms with Crippen LogP contribution in [0.3, 0.4) is 0 Å². The van der Waals surface area contributed by atoms with Gasteiger partial charge in [0.25, 0.3) is 5.91 Å². The Balaban J connectivity index is 1.58. The topological polar surface area (TPSA) is 105 Å². The lowest BCUT2D eigenvalue weighted by atomic mass is 10.2. The summed E-state index contributed by atoms with van der Waals surface area (Å²) in [4.78, 5) is 31.8. The average Bonchev–Trinajstić information content (AvgIpc) is 2.71. The first-order chi connectivity index (χ1) is 14.0. The Morgan fingerprint density at radius 1 is 0.862 bits per heavy atom. The van der Waals surface area contributed by atoms with Gasteiger partial charge in [0.15, 0.2) is 0 Å². The van der Waals surface area contributed by atoms with Gasteiger partial charge < -0.3 is 20.7 Å². The van der Waals surface area contributed by atoms with Gasteiger partial charge in [0.05, 0.1) is 12.2 Å². The molecule has 148 valence electrons. The van der Waals surface area contributed by atoms with Crippen LogP contribution < -0.4 is 20.7 Å². The normalized spacial score (nSPS) is 10.1. The Morgan fingerprint density at radius 3 is 1.97 bits per heavy atom. The summed E-state index contributed by atoms with van der Waals surface area (Å²) in [5.74, 6) is 0.684. The zero-order valence-electron chi connectivity index (χ0n) is 16.1. The van der Waals surface area contributed by atoms with Crippen molar-refractivity contribution in [3.63, 3.8) is 0 Å². The molecule has 1 heterocycles. The molecule has 3 N–H and O–H groups in total. The van der Waals surface area contributed by atoms with Crippen molar-refractivity contribution in [2.45, 2.75) is 13.8 Å². The average molecular weight is 391 g/mol. The second-order valence-corrected chi connectivity index (χ2v) is 6.09. The molecular weight excluding hydrogens is 370 g/mol. The number of aromatic nitrogens is 2. The van der Waals surface area contributed by atoms with Crippen LogP contribution in [0, 0.1) is 0 Å². The number of nitrogens with one attached hydrogen (secondary N) is 3. The summed E-state index contributed by atoms with van der Waals surface area (Å²) in [6.07, 6.45) is 2.90. The first kappa shape index (κ1) is 19.8. The van der Waals surface area contributed by atoms with Gasteiger partial charge in [0.1, 0.15) is 5.75 Å². The van der Waals surface area contributed by atoms with E-state index in [0.29, 0.717) is 29.5 Å². The molecule has 3 aromatic rings. The van der Waals surface area contributed by atoms with Gasteiger partial charge in [-0.05, 0) is 55.5 Å². The lowest BCUT2D eigenvalue weighted by molar-refractivity contribution is -0.114. The van der Waals surface area contributed by atoms with Gasteiger partial charge in [-0.15, -0.1) is 0 Å². The zero-order chi connectivity index (χ0) is 20.6. The maximum absolute atomic E-state index is 12.4. The molecule has 0 saturated heterocycles. The van der Waals surface area contributed by atoms with Gasteiger partial charge in [0.2, 0.25) is 11.9 Å². The van der Waals surface area contributed by atoms with E-state index in [4.69, 9.17) is 4.74 Å². The van der Waals surface area contributed by atoms with E-state index < -0.39 is 0 Å². The van der Waals surface area contributed by atoms with Gasteiger partial charge >= 0.3 is 0 Å². The van der Waals surface area contributed by atoms with Crippen molar-refractivity contribution in [2.75, 3.05) is 22.6 Å². The minimum Gasteiger partial charge on any atom is -0.494 e. The maximum atomic E-state index is 12.4. The van der Waals surface area contributed by atoms with Crippen LogP contribution in [0.1, 0.15) is 24.2 Å². The van der Waals surface area contributed by atoms with Crippen molar-refractivity contribution in [2.24, 2.45) is 0 Å². The lowest BCUT2D eigenvalue weighted by Gasteiger charge is -2.08. The quantitative estimate of drug-likeness (QED) is 0.565. The first-order valence-corrected chi connectivity index (χ1v) is 9.04. The number of rotatable bonds is 7. The number of ether oxygens (including phenoxy) is 1. The number of carbonyl (C=O) groups is 2. The summed E-state index contributed by atoms with van der Waals surface area (Å²) >= 11 is 0. The number of hydrogen-bond donors (Lipinski definition) is 3. The number of benzene rings is 2. The van der Waals surface area contributed by atoms with E-state index in [2.05, 4.69) is 25.9 Å². The molecule has 8 nitrogen and oxygen atoms in total. The number of hydrogen-bond acceptors (Lipinski definition) is 6. The second kappa shape index (κ2) is 9.32. The first-order valence-electron chi connectivity index (χ1n) is 9.04. The van der Waals surface area contributed by atoms with Crippen molar-refractivity contribution in [3.05, 3.63) is 66.5 Å². The van der Waals surface area contributed by atoms with Crippen molar-refractivity contribution in [1.82, 2.24) is 9.97 Å². The maximum Gasteiger partial charge on any atom is 0.258 e. The minimum atomic E-state index is -0.329. The molecule has 0 aliphatic heterocycles. The van der Waals surface area contributed by atoms with E-state index >= 15 is 0 Å². The molecule has 2 amide bonds. The van der Waals surface area contributed by atoms with Crippen LogP contribution in [-0.2, 0) is 4.79 Å². The van der Waals surface area contributed by atoms with Crippen molar-refractivity contribution >= 4 is 34.8 Å². The van der Waals surface area contributed by atoms with Crippen LogP contribution in [0.4, 0.5) is 23.0 Å². The standard InChI is InChI=1S/C21H21N5O3/c1-3-29-19-10-8-18(9-11-19)26-21-22-12-15(13-23-21)20(28)25-17-6-4-16(5-7-17)24-14(2)27/h4-13H,3H2,1-2H3,(H,24,27)(H,25,28)(H,22,23,26). The molecule has 0 aliphatic rings. The third-order valence-electron chi connectivity index (χ3n) is 3.80. The predicted molar refractivity (Wildman–Crippen MR) is 112 cm³/mol. The molecule has 8 heteroatoms. The molecule has 0 unspecified atom stereocenters. The third kappa shape index (κ3) is 5.77. The Hall–Kier alpha value is -3.94. The summed E-state index contributed by atoms with van der Waals surface area (Å²) < 4.78 is 5.40. The molecule has 2 aromatic carbocycles. The molecule has 29 heavy (non-hydrogen) atoms.